The molecule has 0 radical (unpaired) electrons. The number of anilines is 1. The maximum absolute atomic E-state index is 13.7. The molecule has 0 saturated carbocycles. The van der Waals surface area contributed by atoms with E-state index in [-0.39, 0.29) is 30.7 Å². The Hall–Kier alpha value is -2.20. The number of nitrogens with one attached hydrogen (secondary N) is 1. The summed E-state index contributed by atoms with van der Waals surface area (Å²) in [6.07, 6.45) is 6.48. The van der Waals surface area contributed by atoms with Gasteiger partial charge in [-0.2, -0.15) is 0 Å². The minimum Gasteiger partial charge on any atom is -0.348 e. The highest BCUT2D eigenvalue weighted by Gasteiger charge is 2.29. The molecular weight excluding hydrogens is 427 g/mol. The number of aromatic nitrogens is 2. The average molecular weight is 454 g/mol. The van der Waals surface area contributed by atoms with Gasteiger partial charge >= 0.3 is 0 Å². The van der Waals surface area contributed by atoms with Gasteiger partial charge in [0.25, 0.3) is 5.91 Å². The monoisotopic (exact) mass is 453 g/mol. The maximum atomic E-state index is 13.7. The topological polar surface area (TPSA) is 61.4 Å². The molecule has 1 amide bonds. The van der Waals surface area contributed by atoms with Crippen LogP contribution in [0.15, 0.2) is 18.5 Å². The molecule has 6 nitrogen and oxygen atoms in total. The molecule has 0 aliphatic carbocycles. The Balaban J connectivity index is 1.28. The van der Waals surface area contributed by atoms with E-state index in [1.165, 1.54) is 17.5 Å². The summed E-state index contributed by atoms with van der Waals surface area (Å²) in [7, 11) is 0. The van der Waals surface area contributed by atoms with Crippen molar-refractivity contribution in [3.63, 3.8) is 0 Å². The lowest BCUT2D eigenvalue weighted by atomic mass is 9.95. The second-order valence-electron chi connectivity index (χ2n) is 8.15. The fourth-order valence-electron chi connectivity index (χ4n) is 4.32. The molecule has 2 aliphatic rings. The number of rotatable bonds is 6. The Morgan fingerprint density at radius 3 is 2.71 bits per heavy atom. The van der Waals surface area contributed by atoms with Crippen molar-refractivity contribution < 1.29 is 18.0 Å². The summed E-state index contributed by atoms with van der Waals surface area (Å²) in [4.78, 5) is 25.5. The van der Waals surface area contributed by atoms with E-state index in [1.54, 1.807) is 0 Å². The van der Waals surface area contributed by atoms with Crippen molar-refractivity contribution in [2.75, 3.05) is 37.8 Å². The van der Waals surface area contributed by atoms with Gasteiger partial charge in [-0.15, -0.1) is 0 Å². The number of likely N-dealkylation sites (tertiary alicyclic amines) is 1. The third kappa shape index (κ3) is 5.35. The smallest absolute Gasteiger partial charge is 0.263 e. The molecule has 0 spiro atoms. The van der Waals surface area contributed by atoms with Gasteiger partial charge in [-0.1, -0.05) is 11.3 Å². The normalized spacial score (nSPS) is 20.7. The third-order valence-corrected chi connectivity index (χ3v) is 7.09. The summed E-state index contributed by atoms with van der Waals surface area (Å²) >= 11 is 1.30. The van der Waals surface area contributed by atoms with Gasteiger partial charge in [0.1, 0.15) is 16.5 Å². The number of halogens is 3. The number of pyridine rings is 1. The maximum Gasteiger partial charge on any atom is 0.263 e. The van der Waals surface area contributed by atoms with Gasteiger partial charge in [0.2, 0.25) is 0 Å². The van der Waals surface area contributed by atoms with Gasteiger partial charge < -0.3 is 10.2 Å². The van der Waals surface area contributed by atoms with Crippen molar-refractivity contribution in [2.24, 2.45) is 5.92 Å². The fraction of sp³-hybridized carbons (Fsp3) is 0.571. The van der Waals surface area contributed by atoms with Gasteiger partial charge in [0, 0.05) is 37.7 Å². The first-order valence-corrected chi connectivity index (χ1v) is 11.4. The number of carbonyl (C=O) groups excluding carboxylic acids is 1. The molecule has 0 unspecified atom stereocenters. The Morgan fingerprint density at radius 1 is 1.16 bits per heavy atom. The highest BCUT2D eigenvalue weighted by Crippen LogP contribution is 2.29. The number of carbonyl (C=O) groups is 1. The molecule has 2 aromatic rings. The SMILES string of the molecule is O=C(NCc1ncc(F)cc1F)c1cnc(N2CCC(N3CCC[C@H](CF)C3)CC2)s1. The first kappa shape index (κ1) is 22.0. The van der Waals surface area contributed by atoms with Crippen molar-refractivity contribution in [1.29, 1.82) is 0 Å². The van der Waals surface area contributed by atoms with E-state index in [9.17, 15) is 18.0 Å². The van der Waals surface area contributed by atoms with Crippen LogP contribution in [-0.2, 0) is 6.54 Å². The highest BCUT2D eigenvalue weighted by molar-refractivity contribution is 7.17. The Labute approximate surface area is 183 Å². The lowest BCUT2D eigenvalue weighted by molar-refractivity contribution is 0.0953. The fourth-order valence-corrected chi connectivity index (χ4v) is 5.20. The summed E-state index contributed by atoms with van der Waals surface area (Å²) in [6, 6.07) is 1.22. The van der Waals surface area contributed by atoms with Crippen molar-refractivity contribution in [2.45, 2.75) is 38.3 Å². The molecule has 2 aliphatic heterocycles. The largest absolute Gasteiger partial charge is 0.348 e. The van der Waals surface area contributed by atoms with Gasteiger partial charge in [0.15, 0.2) is 5.13 Å². The molecule has 31 heavy (non-hydrogen) atoms. The molecule has 10 heteroatoms. The summed E-state index contributed by atoms with van der Waals surface area (Å²) in [5.74, 6) is -1.74. The predicted molar refractivity (Wildman–Crippen MR) is 113 cm³/mol. The number of nitrogens with zero attached hydrogens (tertiary/aromatic N) is 4. The van der Waals surface area contributed by atoms with E-state index in [2.05, 4.69) is 25.1 Å². The van der Waals surface area contributed by atoms with Crippen LogP contribution in [0.5, 0.6) is 0 Å². The van der Waals surface area contributed by atoms with Crippen molar-refractivity contribution in [1.82, 2.24) is 20.2 Å². The van der Waals surface area contributed by atoms with Crippen LogP contribution >= 0.6 is 11.3 Å². The number of hydrogen-bond donors (Lipinski definition) is 1. The molecule has 4 heterocycles. The van der Waals surface area contributed by atoms with Crippen molar-refractivity contribution in [3.8, 4) is 0 Å². The Morgan fingerprint density at radius 2 is 1.97 bits per heavy atom. The minimum absolute atomic E-state index is 0.0192. The van der Waals surface area contributed by atoms with E-state index in [1.807, 2.05) is 0 Å². The van der Waals surface area contributed by atoms with Gasteiger partial charge in [0.05, 0.1) is 31.3 Å². The van der Waals surface area contributed by atoms with Gasteiger partial charge in [-0.3, -0.25) is 19.1 Å². The minimum atomic E-state index is -0.792. The van der Waals surface area contributed by atoms with Crippen LogP contribution in [0.4, 0.5) is 18.3 Å². The van der Waals surface area contributed by atoms with E-state index < -0.39 is 11.6 Å². The molecule has 2 fully saturated rings. The van der Waals surface area contributed by atoms with Gasteiger partial charge in [-0.05, 0) is 32.2 Å². The molecule has 1 N–H and O–H groups in total. The van der Waals surface area contributed by atoms with Gasteiger partial charge in [-0.25, -0.2) is 13.8 Å². The van der Waals surface area contributed by atoms with Crippen LogP contribution < -0.4 is 10.2 Å². The summed E-state index contributed by atoms with van der Waals surface area (Å²) in [5.41, 5.74) is -0.0192. The molecule has 168 valence electrons. The molecule has 0 bridgehead atoms. The number of thiazole rings is 1. The second-order valence-corrected chi connectivity index (χ2v) is 9.16. The zero-order valence-electron chi connectivity index (χ0n) is 17.2. The Kier molecular flexibility index (Phi) is 7.06. The van der Waals surface area contributed by atoms with Crippen LogP contribution in [0.2, 0.25) is 0 Å². The molecule has 2 saturated heterocycles. The van der Waals surface area contributed by atoms with E-state index in [0.717, 1.165) is 69.3 Å². The molecule has 2 aromatic heterocycles. The molecule has 4 rings (SSSR count). The van der Waals surface area contributed by atoms with Crippen molar-refractivity contribution in [3.05, 3.63) is 40.7 Å². The van der Waals surface area contributed by atoms with E-state index in [4.69, 9.17) is 0 Å². The summed E-state index contributed by atoms with van der Waals surface area (Å²) in [5, 5.41) is 3.39. The van der Waals surface area contributed by atoms with E-state index in [0.29, 0.717) is 10.9 Å². The molecule has 1 atom stereocenters. The quantitative estimate of drug-likeness (QED) is 0.727. The lowest BCUT2D eigenvalue weighted by Gasteiger charge is -2.41. The standard InChI is InChI=1S/C21H26F3N5OS/c22-9-14-2-1-5-29(13-14)16-3-6-28(7-4-16)21-27-12-19(31-21)20(30)26-11-18-17(24)8-15(23)10-25-18/h8,10,12,14,16H,1-7,9,11,13H2,(H,26,30)/t14-/m1/s1. The third-order valence-electron chi connectivity index (χ3n) is 6.04. The molecule has 0 aromatic carbocycles. The number of alkyl halides is 1. The van der Waals surface area contributed by atoms with Crippen molar-refractivity contribution >= 4 is 22.4 Å². The number of amides is 1. The average Bonchev–Trinajstić information content (AvgIpc) is 3.29. The predicted octanol–water partition coefficient (Wildman–Crippen LogP) is 3.40. The lowest BCUT2D eigenvalue weighted by Crippen LogP contribution is -2.48. The van der Waals surface area contributed by atoms with Crippen LogP contribution in [0.3, 0.4) is 0 Å². The first-order valence-electron chi connectivity index (χ1n) is 10.6. The second kappa shape index (κ2) is 9.95. The summed E-state index contributed by atoms with van der Waals surface area (Å²) in [6.45, 7) is 3.24. The van der Waals surface area contributed by atoms with Crippen LogP contribution in [-0.4, -0.2) is 59.7 Å². The molecular formula is C21H26F3N5OS. The Bertz CT molecular complexity index is 903. The number of hydrogen-bond acceptors (Lipinski definition) is 6. The highest BCUT2D eigenvalue weighted by atomic mass is 32.1. The van der Waals surface area contributed by atoms with Crippen LogP contribution in [0, 0.1) is 17.6 Å². The number of piperidine rings is 2. The zero-order chi connectivity index (χ0) is 21.8. The van der Waals surface area contributed by atoms with Crippen LogP contribution in [0.25, 0.3) is 0 Å². The summed E-state index contributed by atoms with van der Waals surface area (Å²) < 4.78 is 39.6. The van der Waals surface area contributed by atoms with Crippen LogP contribution in [0.1, 0.15) is 41.0 Å². The first-order chi connectivity index (χ1) is 15.0. The zero-order valence-corrected chi connectivity index (χ0v) is 18.0. The van der Waals surface area contributed by atoms with E-state index >= 15 is 0 Å².